The smallest absolute Gasteiger partial charge is 0.0703 e. The van der Waals surface area contributed by atoms with Gasteiger partial charge in [-0.2, -0.15) is 0 Å². The molecule has 3 heteroatoms. The molecular weight excluding hydrogens is 258 g/mol. The summed E-state index contributed by atoms with van der Waals surface area (Å²) in [5, 5.41) is 5.00. The Balaban J connectivity index is 1.92. The second kappa shape index (κ2) is 6.02. The molecule has 1 aliphatic rings. The summed E-state index contributed by atoms with van der Waals surface area (Å²) >= 11 is 0. The van der Waals surface area contributed by atoms with Crippen molar-refractivity contribution in [2.75, 3.05) is 24.5 Å². The maximum atomic E-state index is 4.42. The molecule has 0 aliphatic carbocycles. The molecule has 2 aromatic rings. The second-order valence-corrected chi connectivity index (χ2v) is 6.07. The van der Waals surface area contributed by atoms with Crippen molar-refractivity contribution in [1.29, 1.82) is 0 Å². The molecule has 1 aliphatic heterocycles. The van der Waals surface area contributed by atoms with Crippen LogP contribution in [0.5, 0.6) is 0 Å². The summed E-state index contributed by atoms with van der Waals surface area (Å²) < 4.78 is 0. The summed E-state index contributed by atoms with van der Waals surface area (Å²) in [4.78, 5) is 6.96. The minimum absolute atomic E-state index is 0.250. The highest BCUT2D eigenvalue weighted by Crippen LogP contribution is 2.26. The summed E-state index contributed by atoms with van der Waals surface area (Å²) in [7, 11) is 0. The van der Waals surface area contributed by atoms with Crippen LogP contribution < -0.4 is 10.2 Å². The molecule has 0 unspecified atom stereocenters. The molecule has 1 saturated heterocycles. The van der Waals surface area contributed by atoms with E-state index in [1.165, 1.54) is 30.3 Å². The maximum absolute atomic E-state index is 4.42. The number of benzene rings is 1. The summed E-state index contributed by atoms with van der Waals surface area (Å²) in [5.41, 5.74) is 2.65. The lowest BCUT2D eigenvalue weighted by atomic mass is 9.92. The van der Waals surface area contributed by atoms with Gasteiger partial charge in [0, 0.05) is 35.9 Å². The first-order chi connectivity index (χ1) is 10.3. The Morgan fingerprint density at radius 1 is 1.24 bits per heavy atom. The van der Waals surface area contributed by atoms with Gasteiger partial charge in [0.15, 0.2) is 0 Å². The Hall–Kier alpha value is -1.61. The molecule has 1 fully saturated rings. The fourth-order valence-corrected chi connectivity index (χ4v) is 3.33. The molecule has 0 bridgehead atoms. The highest BCUT2D eigenvalue weighted by Gasteiger charge is 2.30. The van der Waals surface area contributed by atoms with E-state index in [0.29, 0.717) is 0 Å². The van der Waals surface area contributed by atoms with Crippen molar-refractivity contribution in [2.24, 2.45) is 0 Å². The van der Waals surface area contributed by atoms with Crippen molar-refractivity contribution in [3.63, 3.8) is 0 Å². The topological polar surface area (TPSA) is 28.2 Å². The van der Waals surface area contributed by atoms with Gasteiger partial charge in [-0.1, -0.05) is 19.9 Å². The first-order valence-corrected chi connectivity index (χ1v) is 8.11. The minimum Gasteiger partial charge on any atom is -0.370 e. The molecule has 0 atom stereocenters. The standard InChI is InChI=1S/C18H25N3/c1-3-18(4-2)14-21(12-6-11-20-18)16-8-9-17-15(13-16)7-5-10-19-17/h5,7-10,13,20H,3-4,6,11-12,14H2,1-2H3. The molecule has 0 spiro atoms. The predicted octanol–water partition coefficient (Wildman–Crippen LogP) is 3.59. The van der Waals surface area contributed by atoms with E-state index in [1.54, 1.807) is 0 Å². The van der Waals surface area contributed by atoms with Crippen LogP contribution in [0.4, 0.5) is 5.69 Å². The third-order valence-corrected chi connectivity index (χ3v) is 4.90. The van der Waals surface area contributed by atoms with Gasteiger partial charge in [-0.3, -0.25) is 4.98 Å². The fourth-order valence-electron chi connectivity index (χ4n) is 3.33. The third-order valence-electron chi connectivity index (χ3n) is 4.90. The lowest BCUT2D eigenvalue weighted by molar-refractivity contribution is 0.321. The van der Waals surface area contributed by atoms with Crippen LogP contribution in [0.3, 0.4) is 0 Å². The van der Waals surface area contributed by atoms with E-state index < -0.39 is 0 Å². The Morgan fingerprint density at radius 3 is 2.90 bits per heavy atom. The molecule has 21 heavy (non-hydrogen) atoms. The van der Waals surface area contributed by atoms with E-state index in [9.17, 15) is 0 Å². The molecule has 3 nitrogen and oxygen atoms in total. The summed E-state index contributed by atoms with van der Waals surface area (Å²) in [6, 6.07) is 10.8. The van der Waals surface area contributed by atoms with Gasteiger partial charge in [0.1, 0.15) is 0 Å². The molecule has 1 N–H and O–H groups in total. The number of nitrogens with one attached hydrogen (secondary N) is 1. The van der Waals surface area contributed by atoms with Gasteiger partial charge in [0.2, 0.25) is 0 Å². The zero-order valence-corrected chi connectivity index (χ0v) is 13.1. The van der Waals surface area contributed by atoms with Gasteiger partial charge < -0.3 is 10.2 Å². The number of aromatic nitrogens is 1. The zero-order chi connectivity index (χ0) is 14.7. The summed E-state index contributed by atoms with van der Waals surface area (Å²) in [5.74, 6) is 0. The third kappa shape index (κ3) is 2.88. The van der Waals surface area contributed by atoms with Crippen LogP contribution in [-0.2, 0) is 0 Å². The van der Waals surface area contributed by atoms with Crippen LogP contribution in [0, 0.1) is 0 Å². The molecule has 0 amide bonds. The van der Waals surface area contributed by atoms with E-state index in [1.807, 2.05) is 12.3 Å². The van der Waals surface area contributed by atoms with Gasteiger partial charge in [-0.25, -0.2) is 0 Å². The fraction of sp³-hybridized carbons (Fsp3) is 0.500. The number of anilines is 1. The average molecular weight is 283 g/mol. The molecule has 3 rings (SSSR count). The van der Waals surface area contributed by atoms with E-state index in [-0.39, 0.29) is 5.54 Å². The molecule has 0 radical (unpaired) electrons. The van der Waals surface area contributed by atoms with Gasteiger partial charge in [0.05, 0.1) is 5.52 Å². The molecular formula is C18H25N3. The van der Waals surface area contributed by atoms with Gasteiger partial charge in [-0.05, 0) is 50.1 Å². The van der Waals surface area contributed by atoms with Crippen LogP contribution >= 0.6 is 0 Å². The van der Waals surface area contributed by atoms with E-state index in [2.05, 4.69) is 53.3 Å². The quantitative estimate of drug-likeness (QED) is 0.933. The Morgan fingerprint density at radius 2 is 2.10 bits per heavy atom. The van der Waals surface area contributed by atoms with Crippen LogP contribution in [-0.4, -0.2) is 30.2 Å². The molecule has 1 aromatic heterocycles. The van der Waals surface area contributed by atoms with Crippen molar-refractivity contribution >= 4 is 16.6 Å². The number of pyridine rings is 1. The Labute approximate surface area is 127 Å². The number of hydrogen-bond acceptors (Lipinski definition) is 3. The summed E-state index contributed by atoms with van der Waals surface area (Å²) in [6.45, 7) is 7.92. The molecule has 112 valence electrons. The maximum Gasteiger partial charge on any atom is 0.0703 e. The SMILES string of the molecule is CCC1(CC)CN(c2ccc3ncccc3c2)CCCN1. The van der Waals surface area contributed by atoms with Crippen LogP contribution in [0.15, 0.2) is 36.5 Å². The minimum atomic E-state index is 0.250. The predicted molar refractivity (Wildman–Crippen MR) is 89.9 cm³/mol. The zero-order valence-electron chi connectivity index (χ0n) is 13.1. The second-order valence-electron chi connectivity index (χ2n) is 6.07. The first kappa shape index (κ1) is 14.3. The normalized spacial score (nSPS) is 18.7. The van der Waals surface area contributed by atoms with E-state index >= 15 is 0 Å². The van der Waals surface area contributed by atoms with Crippen molar-refractivity contribution < 1.29 is 0 Å². The number of rotatable bonds is 3. The number of hydrogen-bond donors (Lipinski definition) is 1. The lowest BCUT2D eigenvalue weighted by Crippen LogP contribution is -2.50. The van der Waals surface area contributed by atoms with E-state index in [0.717, 1.165) is 25.2 Å². The Kier molecular flexibility index (Phi) is 4.11. The monoisotopic (exact) mass is 283 g/mol. The highest BCUT2D eigenvalue weighted by atomic mass is 15.2. The Bertz CT molecular complexity index is 604. The van der Waals surface area contributed by atoms with Crippen LogP contribution in [0.1, 0.15) is 33.1 Å². The largest absolute Gasteiger partial charge is 0.370 e. The van der Waals surface area contributed by atoms with Crippen molar-refractivity contribution in [3.05, 3.63) is 36.5 Å². The van der Waals surface area contributed by atoms with Crippen molar-refractivity contribution in [2.45, 2.75) is 38.6 Å². The van der Waals surface area contributed by atoms with Gasteiger partial charge >= 0.3 is 0 Å². The molecule has 0 saturated carbocycles. The number of nitrogens with zero attached hydrogens (tertiary/aromatic N) is 2. The van der Waals surface area contributed by atoms with Crippen LogP contribution in [0.25, 0.3) is 10.9 Å². The van der Waals surface area contributed by atoms with Gasteiger partial charge in [0.25, 0.3) is 0 Å². The van der Waals surface area contributed by atoms with Crippen molar-refractivity contribution in [1.82, 2.24) is 10.3 Å². The van der Waals surface area contributed by atoms with Crippen LogP contribution in [0.2, 0.25) is 0 Å². The molecule has 1 aromatic carbocycles. The first-order valence-electron chi connectivity index (χ1n) is 8.11. The number of fused-ring (bicyclic) bond motifs is 1. The highest BCUT2D eigenvalue weighted by molar-refractivity contribution is 5.82. The molecule has 2 heterocycles. The lowest BCUT2D eigenvalue weighted by Gasteiger charge is -2.36. The van der Waals surface area contributed by atoms with E-state index in [4.69, 9.17) is 0 Å². The van der Waals surface area contributed by atoms with Crippen molar-refractivity contribution in [3.8, 4) is 0 Å². The van der Waals surface area contributed by atoms with Gasteiger partial charge in [-0.15, -0.1) is 0 Å². The summed E-state index contributed by atoms with van der Waals surface area (Å²) in [6.07, 6.45) is 5.41. The average Bonchev–Trinajstić information content (AvgIpc) is 2.77.